The van der Waals surface area contributed by atoms with Crippen LogP contribution in [0.4, 0.5) is 5.69 Å². The third-order valence-corrected chi connectivity index (χ3v) is 7.85. The number of hydrogen-bond acceptors (Lipinski definition) is 5. The Labute approximate surface area is 188 Å². The highest BCUT2D eigenvalue weighted by Crippen LogP contribution is 2.56. The number of anilines is 1. The van der Waals surface area contributed by atoms with Crippen LogP contribution in [0.25, 0.3) is 0 Å². The van der Waals surface area contributed by atoms with Crippen LogP contribution in [0.15, 0.2) is 24.3 Å². The predicted molar refractivity (Wildman–Crippen MR) is 117 cm³/mol. The van der Waals surface area contributed by atoms with Crippen molar-refractivity contribution in [3.8, 4) is 0 Å². The van der Waals surface area contributed by atoms with E-state index in [1.165, 1.54) is 6.92 Å². The van der Waals surface area contributed by atoms with Crippen molar-refractivity contribution in [2.24, 2.45) is 5.92 Å². The van der Waals surface area contributed by atoms with Crippen LogP contribution in [0.2, 0.25) is 0 Å². The van der Waals surface area contributed by atoms with E-state index in [2.05, 4.69) is 0 Å². The molecule has 0 bridgehead atoms. The molecule has 7 heteroatoms. The van der Waals surface area contributed by atoms with Crippen LogP contribution in [-0.4, -0.2) is 52.2 Å². The van der Waals surface area contributed by atoms with Crippen molar-refractivity contribution in [1.82, 2.24) is 4.90 Å². The molecule has 3 aliphatic heterocycles. The Kier molecular flexibility index (Phi) is 5.10. The molecule has 4 fully saturated rings. The number of amides is 2. The zero-order valence-corrected chi connectivity index (χ0v) is 18.7. The van der Waals surface area contributed by atoms with Gasteiger partial charge < -0.3 is 9.64 Å². The smallest absolute Gasteiger partial charge is 0.307 e. The molecule has 1 saturated carbocycles. The molecule has 1 aromatic rings. The van der Waals surface area contributed by atoms with Crippen LogP contribution in [0.1, 0.15) is 63.9 Å². The number of carbonyl (C=O) groups is 4. The summed E-state index contributed by atoms with van der Waals surface area (Å²) >= 11 is 0. The van der Waals surface area contributed by atoms with Crippen molar-refractivity contribution < 1.29 is 23.9 Å². The highest BCUT2D eigenvalue weighted by molar-refractivity contribution is 6.12. The van der Waals surface area contributed by atoms with E-state index in [0.29, 0.717) is 5.69 Å². The fourth-order valence-electron chi connectivity index (χ4n) is 6.55. The molecule has 2 amide bonds. The number of likely N-dealkylation sites (tertiary alicyclic amines) is 1. The second-order valence-corrected chi connectivity index (χ2v) is 9.79. The van der Waals surface area contributed by atoms with Crippen LogP contribution in [0.3, 0.4) is 0 Å². The largest absolute Gasteiger partial charge is 0.453 e. The molecule has 4 aliphatic rings. The van der Waals surface area contributed by atoms with Gasteiger partial charge in [-0.2, -0.15) is 0 Å². The third-order valence-electron chi connectivity index (χ3n) is 7.85. The molecular formula is C25H30N2O5. The van der Waals surface area contributed by atoms with Gasteiger partial charge in [0.2, 0.25) is 5.91 Å². The normalized spacial score (nSPS) is 32.7. The SMILES string of the molecule is CC(=O)C[C@@H]1N(C2CCCCCC2)C(=O)[C@@H]2N(c3ccccc3C)C(=O)[C@@H]3CC(=O)O[C@]213. The number of nitrogens with zero attached hydrogens (tertiary/aromatic N) is 2. The van der Waals surface area contributed by atoms with Gasteiger partial charge in [-0.15, -0.1) is 0 Å². The fraction of sp³-hybridized carbons (Fsp3) is 0.600. The number of carbonyl (C=O) groups excluding carboxylic acids is 4. The second kappa shape index (κ2) is 7.71. The Bertz CT molecular complexity index is 982. The molecule has 0 unspecified atom stereocenters. The highest BCUT2D eigenvalue weighted by Gasteiger charge is 2.77. The van der Waals surface area contributed by atoms with Gasteiger partial charge in [-0.05, 0) is 38.3 Å². The first kappa shape index (κ1) is 21.2. The van der Waals surface area contributed by atoms with Gasteiger partial charge in [0.15, 0.2) is 11.6 Å². The molecule has 170 valence electrons. The van der Waals surface area contributed by atoms with Crippen molar-refractivity contribution in [1.29, 1.82) is 0 Å². The number of hydrogen-bond donors (Lipinski definition) is 0. The van der Waals surface area contributed by atoms with E-state index in [-0.39, 0.29) is 36.5 Å². The summed E-state index contributed by atoms with van der Waals surface area (Å²) in [6.07, 6.45) is 6.13. The van der Waals surface area contributed by atoms with Gasteiger partial charge in [-0.3, -0.25) is 24.1 Å². The third kappa shape index (κ3) is 2.93. The lowest BCUT2D eigenvalue weighted by Crippen LogP contribution is -2.54. The number of esters is 1. The Hall–Kier alpha value is -2.70. The molecule has 3 saturated heterocycles. The average Bonchev–Trinajstić information content (AvgIpc) is 3.14. The molecule has 7 nitrogen and oxygen atoms in total. The molecule has 1 spiro atoms. The maximum atomic E-state index is 14.1. The number of ketones is 1. The van der Waals surface area contributed by atoms with E-state index in [9.17, 15) is 19.2 Å². The van der Waals surface area contributed by atoms with E-state index in [0.717, 1.165) is 44.1 Å². The van der Waals surface area contributed by atoms with E-state index >= 15 is 0 Å². The van der Waals surface area contributed by atoms with Gasteiger partial charge in [0.25, 0.3) is 5.91 Å². The predicted octanol–water partition coefficient (Wildman–Crippen LogP) is 2.92. The molecule has 1 aromatic carbocycles. The summed E-state index contributed by atoms with van der Waals surface area (Å²) < 4.78 is 5.98. The van der Waals surface area contributed by atoms with Crippen molar-refractivity contribution in [3.63, 3.8) is 0 Å². The van der Waals surface area contributed by atoms with Crippen LogP contribution in [-0.2, 0) is 23.9 Å². The minimum absolute atomic E-state index is 0.00287. The minimum atomic E-state index is -1.30. The van der Waals surface area contributed by atoms with Gasteiger partial charge in [0.05, 0.1) is 18.4 Å². The topological polar surface area (TPSA) is 84.0 Å². The summed E-state index contributed by atoms with van der Waals surface area (Å²) in [4.78, 5) is 56.1. The van der Waals surface area contributed by atoms with Crippen molar-refractivity contribution in [3.05, 3.63) is 29.8 Å². The molecule has 0 N–H and O–H groups in total. The molecular weight excluding hydrogens is 408 g/mol. The number of rotatable bonds is 4. The van der Waals surface area contributed by atoms with Crippen LogP contribution < -0.4 is 4.90 Å². The lowest BCUT2D eigenvalue weighted by molar-refractivity contribution is -0.153. The maximum absolute atomic E-state index is 14.1. The van der Waals surface area contributed by atoms with Crippen molar-refractivity contribution >= 4 is 29.3 Å². The number of aryl methyl sites for hydroxylation is 1. The minimum Gasteiger partial charge on any atom is -0.453 e. The van der Waals surface area contributed by atoms with E-state index in [1.807, 2.05) is 36.1 Å². The first-order valence-corrected chi connectivity index (χ1v) is 11.8. The van der Waals surface area contributed by atoms with E-state index in [1.54, 1.807) is 4.90 Å². The zero-order valence-electron chi connectivity index (χ0n) is 18.7. The van der Waals surface area contributed by atoms with Gasteiger partial charge in [0.1, 0.15) is 5.78 Å². The fourth-order valence-corrected chi connectivity index (χ4v) is 6.55. The van der Waals surface area contributed by atoms with Crippen molar-refractivity contribution in [2.75, 3.05) is 4.90 Å². The summed E-state index contributed by atoms with van der Waals surface area (Å²) in [5.41, 5.74) is 0.252. The van der Waals surface area contributed by atoms with Crippen LogP contribution >= 0.6 is 0 Å². The molecule has 1 aliphatic carbocycles. The first-order chi connectivity index (χ1) is 15.4. The molecule has 0 radical (unpaired) electrons. The summed E-state index contributed by atoms with van der Waals surface area (Å²) in [6.45, 7) is 3.41. The van der Waals surface area contributed by atoms with Gasteiger partial charge in [0, 0.05) is 18.2 Å². The Morgan fingerprint density at radius 1 is 1.06 bits per heavy atom. The van der Waals surface area contributed by atoms with E-state index < -0.39 is 29.6 Å². The molecule has 3 heterocycles. The van der Waals surface area contributed by atoms with Gasteiger partial charge in [-0.1, -0.05) is 43.9 Å². The zero-order chi connectivity index (χ0) is 22.6. The molecule has 32 heavy (non-hydrogen) atoms. The van der Waals surface area contributed by atoms with Crippen LogP contribution in [0.5, 0.6) is 0 Å². The Morgan fingerprint density at radius 2 is 1.75 bits per heavy atom. The Balaban J connectivity index is 1.66. The lowest BCUT2D eigenvalue weighted by Gasteiger charge is -2.38. The van der Waals surface area contributed by atoms with Gasteiger partial charge in [-0.25, -0.2) is 0 Å². The average molecular weight is 439 g/mol. The molecule has 4 atom stereocenters. The Morgan fingerprint density at radius 3 is 2.41 bits per heavy atom. The maximum Gasteiger partial charge on any atom is 0.307 e. The van der Waals surface area contributed by atoms with Gasteiger partial charge >= 0.3 is 5.97 Å². The summed E-state index contributed by atoms with van der Waals surface area (Å²) in [5.74, 6) is -1.71. The first-order valence-electron chi connectivity index (χ1n) is 11.8. The van der Waals surface area contributed by atoms with Crippen LogP contribution in [0, 0.1) is 12.8 Å². The number of benzene rings is 1. The number of ether oxygens (including phenoxy) is 1. The summed E-state index contributed by atoms with van der Waals surface area (Å²) in [6, 6.07) is 5.97. The monoisotopic (exact) mass is 438 g/mol. The standard InChI is InChI=1S/C25H30N2O5/c1-15-9-7-8-12-19(15)27-22-24(31)26(17-10-5-3-4-6-11-17)20(13-16(2)28)25(22)18(23(27)30)14-21(29)32-25/h7-9,12,17-18,20,22H,3-6,10-11,13-14H2,1-2H3/t18-,20-,22-,25-/m0/s1. The molecule has 5 rings (SSSR count). The quantitative estimate of drug-likeness (QED) is 0.533. The second-order valence-electron chi connectivity index (χ2n) is 9.79. The van der Waals surface area contributed by atoms with Crippen molar-refractivity contribution in [2.45, 2.75) is 88.9 Å². The summed E-state index contributed by atoms with van der Waals surface area (Å²) in [7, 11) is 0. The van der Waals surface area contributed by atoms with E-state index in [4.69, 9.17) is 4.74 Å². The lowest BCUT2D eigenvalue weighted by atomic mass is 9.79. The number of para-hydroxylation sites is 1. The highest BCUT2D eigenvalue weighted by atomic mass is 16.6. The summed E-state index contributed by atoms with van der Waals surface area (Å²) in [5, 5.41) is 0. The molecule has 0 aromatic heterocycles. The number of Topliss-reactive ketones (excluding diaryl/α,β-unsaturated/α-hetero) is 1.